The lowest BCUT2D eigenvalue weighted by Gasteiger charge is -2.10. The van der Waals surface area contributed by atoms with E-state index < -0.39 is 5.97 Å². The minimum absolute atomic E-state index is 0.0576. The van der Waals surface area contributed by atoms with Crippen LogP contribution in [0.15, 0.2) is 18.2 Å². The van der Waals surface area contributed by atoms with Crippen molar-refractivity contribution in [1.82, 2.24) is 15.0 Å². The normalized spacial score (nSPS) is 10.3. The SMILES string of the molecule is COc1ccc(-n2nnc(Cl)c2CC(=O)O)cc1OC. The fraction of sp³-hybridized carbons (Fsp3) is 0.250. The van der Waals surface area contributed by atoms with Gasteiger partial charge in [-0.05, 0) is 12.1 Å². The first-order valence-electron chi connectivity index (χ1n) is 5.61. The van der Waals surface area contributed by atoms with E-state index in [0.717, 1.165) is 0 Å². The third-order valence-electron chi connectivity index (χ3n) is 2.65. The Kier molecular flexibility index (Phi) is 4.09. The Balaban J connectivity index is 2.49. The van der Waals surface area contributed by atoms with Crippen LogP contribution in [-0.4, -0.2) is 40.3 Å². The van der Waals surface area contributed by atoms with E-state index in [4.69, 9.17) is 26.2 Å². The Hall–Kier alpha value is -2.28. The van der Waals surface area contributed by atoms with Crippen LogP contribution in [0.25, 0.3) is 5.69 Å². The van der Waals surface area contributed by atoms with Gasteiger partial charge >= 0.3 is 5.97 Å². The van der Waals surface area contributed by atoms with Gasteiger partial charge in [0.2, 0.25) is 0 Å². The zero-order valence-corrected chi connectivity index (χ0v) is 11.6. The molecular weight excluding hydrogens is 286 g/mol. The van der Waals surface area contributed by atoms with E-state index in [0.29, 0.717) is 22.9 Å². The van der Waals surface area contributed by atoms with Gasteiger partial charge in [0.05, 0.1) is 32.0 Å². The van der Waals surface area contributed by atoms with Crippen LogP contribution in [-0.2, 0) is 11.2 Å². The molecular formula is C12H12ClN3O4. The van der Waals surface area contributed by atoms with Gasteiger partial charge in [-0.3, -0.25) is 4.79 Å². The summed E-state index contributed by atoms with van der Waals surface area (Å²) in [6, 6.07) is 5.06. The predicted octanol–water partition coefficient (Wildman–Crippen LogP) is 1.56. The third-order valence-corrected chi connectivity index (χ3v) is 2.94. The highest BCUT2D eigenvalue weighted by Gasteiger charge is 2.17. The molecule has 7 nitrogen and oxygen atoms in total. The van der Waals surface area contributed by atoms with Gasteiger partial charge in [0, 0.05) is 6.07 Å². The van der Waals surface area contributed by atoms with Crippen molar-refractivity contribution in [2.75, 3.05) is 14.2 Å². The number of aliphatic carboxylic acids is 1. The second-order valence-electron chi connectivity index (χ2n) is 3.85. The van der Waals surface area contributed by atoms with Crippen molar-refractivity contribution in [3.63, 3.8) is 0 Å². The van der Waals surface area contributed by atoms with Crippen LogP contribution < -0.4 is 9.47 Å². The molecule has 0 aliphatic carbocycles. The Morgan fingerprint density at radius 1 is 1.35 bits per heavy atom. The number of carboxylic acid groups (broad SMARTS) is 1. The van der Waals surface area contributed by atoms with Crippen LogP contribution in [0, 0.1) is 0 Å². The molecule has 2 aromatic rings. The lowest BCUT2D eigenvalue weighted by atomic mass is 10.2. The summed E-state index contributed by atoms with van der Waals surface area (Å²) >= 11 is 5.86. The molecule has 20 heavy (non-hydrogen) atoms. The fourth-order valence-electron chi connectivity index (χ4n) is 1.74. The minimum Gasteiger partial charge on any atom is -0.493 e. The van der Waals surface area contributed by atoms with Gasteiger partial charge in [0.25, 0.3) is 0 Å². The Morgan fingerprint density at radius 2 is 2.05 bits per heavy atom. The molecule has 0 bridgehead atoms. The minimum atomic E-state index is -1.02. The molecule has 1 N–H and O–H groups in total. The molecule has 0 spiro atoms. The Morgan fingerprint density at radius 3 is 2.65 bits per heavy atom. The largest absolute Gasteiger partial charge is 0.493 e. The summed E-state index contributed by atoms with van der Waals surface area (Å²) in [5, 5.41) is 16.5. The maximum absolute atomic E-state index is 10.9. The van der Waals surface area contributed by atoms with Crippen molar-refractivity contribution >= 4 is 17.6 Å². The highest BCUT2D eigenvalue weighted by Crippen LogP contribution is 2.30. The summed E-state index contributed by atoms with van der Waals surface area (Å²) in [6.45, 7) is 0. The summed E-state index contributed by atoms with van der Waals surface area (Å²) in [5.74, 6) is 0.0380. The predicted molar refractivity (Wildman–Crippen MR) is 70.8 cm³/mol. The van der Waals surface area contributed by atoms with Crippen LogP contribution in [0.3, 0.4) is 0 Å². The van der Waals surface area contributed by atoms with Crippen molar-refractivity contribution in [3.8, 4) is 17.2 Å². The topological polar surface area (TPSA) is 86.5 Å². The number of halogens is 1. The van der Waals surface area contributed by atoms with E-state index in [1.54, 1.807) is 18.2 Å². The van der Waals surface area contributed by atoms with E-state index in [-0.39, 0.29) is 11.6 Å². The van der Waals surface area contributed by atoms with Crippen molar-refractivity contribution in [2.45, 2.75) is 6.42 Å². The van der Waals surface area contributed by atoms with Crippen molar-refractivity contribution in [1.29, 1.82) is 0 Å². The molecule has 0 radical (unpaired) electrons. The van der Waals surface area contributed by atoms with Crippen LogP contribution >= 0.6 is 11.6 Å². The van der Waals surface area contributed by atoms with Crippen molar-refractivity contribution in [3.05, 3.63) is 29.0 Å². The lowest BCUT2D eigenvalue weighted by molar-refractivity contribution is -0.136. The summed E-state index contributed by atoms with van der Waals surface area (Å²) in [6.07, 6.45) is -0.278. The van der Waals surface area contributed by atoms with Gasteiger partial charge in [0.1, 0.15) is 0 Å². The first-order chi connectivity index (χ1) is 9.56. The molecule has 0 saturated heterocycles. The molecule has 0 unspecified atom stereocenters. The quantitative estimate of drug-likeness (QED) is 0.901. The molecule has 1 aromatic heterocycles. The summed E-state index contributed by atoms with van der Waals surface area (Å²) < 4.78 is 11.7. The summed E-state index contributed by atoms with van der Waals surface area (Å²) in [5.41, 5.74) is 0.879. The number of methoxy groups -OCH3 is 2. The van der Waals surface area contributed by atoms with Gasteiger partial charge in [-0.2, -0.15) is 0 Å². The van der Waals surface area contributed by atoms with Gasteiger partial charge in [-0.15, -0.1) is 5.10 Å². The second kappa shape index (κ2) is 5.79. The second-order valence-corrected chi connectivity index (χ2v) is 4.21. The molecule has 0 aliphatic heterocycles. The molecule has 0 amide bonds. The number of carbonyl (C=O) groups is 1. The molecule has 0 aliphatic rings. The molecule has 106 valence electrons. The first-order valence-corrected chi connectivity index (χ1v) is 5.99. The maximum atomic E-state index is 10.9. The number of carboxylic acids is 1. The molecule has 2 rings (SSSR count). The number of nitrogens with zero attached hydrogens (tertiary/aromatic N) is 3. The zero-order chi connectivity index (χ0) is 14.7. The van der Waals surface area contributed by atoms with Crippen molar-refractivity contribution < 1.29 is 19.4 Å². The van der Waals surface area contributed by atoms with Crippen LogP contribution in [0.5, 0.6) is 11.5 Å². The first kappa shape index (κ1) is 14.1. The van der Waals surface area contributed by atoms with E-state index in [2.05, 4.69) is 10.3 Å². The smallest absolute Gasteiger partial charge is 0.309 e. The summed E-state index contributed by atoms with van der Waals surface area (Å²) in [7, 11) is 3.04. The number of benzene rings is 1. The molecule has 1 aromatic carbocycles. The molecule has 1 heterocycles. The van der Waals surface area contributed by atoms with Gasteiger partial charge in [-0.1, -0.05) is 16.8 Å². The lowest BCUT2D eigenvalue weighted by Crippen LogP contribution is -2.08. The van der Waals surface area contributed by atoms with Crippen LogP contribution in [0.2, 0.25) is 5.15 Å². The number of ether oxygens (including phenoxy) is 2. The Bertz CT molecular complexity index is 642. The van der Waals surface area contributed by atoms with E-state index >= 15 is 0 Å². The van der Waals surface area contributed by atoms with Gasteiger partial charge in [0.15, 0.2) is 16.7 Å². The molecule has 0 fully saturated rings. The number of hydrogen-bond acceptors (Lipinski definition) is 5. The third kappa shape index (κ3) is 2.67. The monoisotopic (exact) mass is 297 g/mol. The van der Waals surface area contributed by atoms with Crippen LogP contribution in [0.1, 0.15) is 5.69 Å². The van der Waals surface area contributed by atoms with Crippen LogP contribution in [0.4, 0.5) is 0 Å². The highest BCUT2D eigenvalue weighted by molar-refractivity contribution is 6.30. The zero-order valence-electron chi connectivity index (χ0n) is 10.8. The number of hydrogen-bond donors (Lipinski definition) is 1. The van der Waals surface area contributed by atoms with Gasteiger partial charge in [-0.25, -0.2) is 4.68 Å². The molecule has 8 heteroatoms. The van der Waals surface area contributed by atoms with E-state index in [9.17, 15) is 4.79 Å². The maximum Gasteiger partial charge on any atom is 0.309 e. The highest BCUT2D eigenvalue weighted by atomic mass is 35.5. The van der Waals surface area contributed by atoms with E-state index in [1.807, 2.05) is 0 Å². The average Bonchev–Trinajstić information content (AvgIpc) is 2.79. The Labute approximate surface area is 119 Å². The fourth-order valence-corrected chi connectivity index (χ4v) is 1.92. The number of aromatic nitrogens is 3. The van der Waals surface area contributed by atoms with E-state index in [1.165, 1.54) is 18.9 Å². The molecule has 0 atom stereocenters. The average molecular weight is 298 g/mol. The van der Waals surface area contributed by atoms with Gasteiger partial charge < -0.3 is 14.6 Å². The summed E-state index contributed by atoms with van der Waals surface area (Å²) in [4.78, 5) is 10.9. The standard InChI is InChI=1S/C12H12ClN3O4/c1-19-9-4-3-7(5-10(9)20-2)16-8(6-11(17)18)12(13)14-15-16/h3-5H,6H2,1-2H3,(H,17,18). The number of rotatable bonds is 5. The van der Waals surface area contributed by atoms with Crippen molar-refractivity contribution in [2.24, 2.45) is 0 Å². The molecule has 0 saturated carbocycles.